The number of carbonyl (C=O) groups is 2. The maximum atomic E-state index is 12.2. The number of aliphatic hydroxyl groups is 1. The van der Waals surface area contributed by atoms with Crippen LogP contribution in [0.2, 0.25) is 0 Å². The summed E-state index contributed by atoms with van der Waals surface area (Å²) in [4.78, 5) is 36.8. The molecule has 0 aromatic carbocycles. The maximum Gasteiger partial charge on any atom is 0.407 e. The summed E-state index contributed by atoms with van der Waals surface area (Å²) in [6.07, 6.45) is 5.02. The molecule has 2 atom stereocenters. The molecule has 2 saturated heterocycles. The van der Waals surface area contributed by atoms with Crippen LogP contribution in [0, 0.1) is 11.3 Å². The minimum absolute atomic E-state index is 0.00362. The Kier molecular flexibility index (Phi) is 7.16. The van der Waals surface area contributed by atoms with E-state index in [2.05, 4.69) is 29.4 Å². The Balaban J connectivity index is 1.62. The molecule has 4 N–H and O–H groups in total. The average Bonchev–Trinajstić information content (AvgIpc) is 3.18. The zero-order valence-corrected chi connectivity index (χ0v) is 20.5. The van der Waals surface area contributed by atoms with Crippen LogP contribution in [-0.4, -0.2) is 82.5 Å². The highest BCUT2D eigenvalue weighted by Gasteiger charge is 2.53. The Bertz CT molecular complexity index is 917. The van der Waals surface area contributed by atoms with Gasteiger partial charge in [0.2, 0.25) is 11.9 Å². The lowest BCUT2D eigenvalue weighted by Crippen LogP contribution is -2.59. The van der Waals surface area contributed by atoms with Gasteiger partial charge < -0.3 is 30.6 Å². The zero-order chi connectivity index (χ0) is 24.5. The third kappa shape index (κ3) is 5.06. The molecule has 0 saturated carbocycles. The second-order valence-electron chi connectivity index (χ2n) is 10.7. The number of amides is 2. The standard InChI is InChI=1S/C24H38N6O4/c1-15(2)8-16(9-20(32)25-3)26-21-18-6-4-5-7-19(18)27-22(28-21)30-14-24(10-17(30)11-31)12-29(13-24)23(33)34/h15-17,31H,4-14H2,1-3H3,(H,25,32)(H,33,34)(H,26,27,28)/t16?,17-/m1/s1. The fraction of sp³-hybridized carbons (Fsp3) is 0.750. The topological polar surface area (TPSA) is 131 Å². The van der Waals surface area contributed by atoms with Crippen molar-refractivity contribution in [3.05, 3.63) is 11.3 Å². The van der Waals surface area contributed by atoms with E-state index in [0.717, 1.165) is 55.6 Å². The van der Waals surface area contributed by atoms with Crippen LogP contribution in [0.3, 0.4) is 0 Å². The first-order valence-corrected chi connectivity index (χ1v) is 12.5. The predicted octanol–water partition coefficient (Wildman–Crippen LogP) is 1.87. The van der Waals surface area contributed by atoms with E-state index in [1.54, 1.807) is 7.05 Å². The molecular formula is C24H38N6O4. The molecule has 1 unspecified atom stereocenters. The molecular weight excluding hydrogens is 436 g/mol. The van der Waals surface area contributed by atoms with Gasteiger partial charge in [-0.25, -0.2) is 9.78 Å². The number of fused-ring (bicyclic) bond motifs is 1. The van der Waals surface area contributed by atoms with Gasteiger partial charge in [0.1, 0.15) is 5.82 Å². The van der Waals surface area contributed by atoms with Crippen molar-refractivity contribution in [3.63, 3.8) is 0 Å². The Morgan fingerprint density at radius 1 is 1.18 bits per heavy atom. The molecule has 188 valence electrons. The lowest BCUT2D eigenvalue weighted by Gasteiger charge is -2.46. The van der Waals surface area contributed by atoms with E-state index in [0.29, 0.717) is 37.9 Å². The number of nitrogens with zero attached hydrogens (tertiary/aromatic N) is 4. The van der Waals surface area contributed by atoms with Crippen molar-refractivity contribution in [3.8, 4) is 0 Å². The number of hydrogen-bond acceptors (Lipinski definition) is 7. The summed E-state index contributed by atoms with van der Waals surface area (Å²) in [6.45, 7) is 5.86. The molecule has 34 heavy (non-hydrogen) atoms. The molecule has 1 aromatic heterocycles. The molecule has 2 aliphatic heterocycles. The Hall–Kier alpha value is -2.62. The number of likely N-dealkylation sites (tertiary alicyclic amines) is 1. The first-order chi connectivity index (χ1) is 16.2. The van der Waals surface area contributed by atoms with Crippen LogP contribution < -0.4 is 15.5 Å². The Labute approximate surface area is 201 Å². The average molecular weight is 475 g/mol. The summed E-state index contributed by atoms with van der Waals surface area (Å²) < 4.78 is 0. The van der Waals surface area contributed by atoms with Gasteiger partial charge in [0.05, 0.1) is 18.3 Å². The third-order valence-electron chi connectivity index (χ3n) is 7.38. The summed E-state index contributed by atoms with van der Waals surface area (Å²) in [7, 11) is 1.66. The molecule has 2 amide bonds. The van der Waals surface area contributed by atoms with Crippen molar-refractivity contribution in [1.82, 2.24) is 20.2 Å². The number of nitrogens with one attached hydrogen (secondary N) is 2. The molecule has 0 radical (unpaired) electrons. The number of carbonyl (C=O) groups excluding carboxylic acids is 1. The zero-order valence-electron chi connectivity index (χ0n) is 20.5. The Morgan fingerprint density at radius 2 is 1.91 bits per heavy atom. The molecule has 3 heterocycles. The van der Waals surface area contributed by atoms with Crippen molar-refractivity contribution < 1.29 is 19.8 Å². The minimum Gasteiger partial charge on any atom is -0.465 e. The molecule has 1 aromatic rings. The molecule has 4 rings (SSSR count). The van der Waals surface area contributed by atoms with Crippen molar-refractivity contribution in [2.45, 2.75) is 70.9 Å². The molecule has 2 fully saturated rings. The fourth-order valence-electron chi connectivity index (χ4n) is 5.80. The summed E-state index contributed by atoms with van der Waals surface area (Å²) in [5.41, 5.74) is 2.02. The number of aliphatic hydroxyl groups excluding tert-OH is 1. The number of aromatic nitrogens is 2. The monoisotopic (exact) mass is 474 g/mol. The van der Waals surface area contributed by atoms with E-state index in [1.807, 2.05) is 0 Å². The van der Waals surface area contributed by atoms with Gasteiger partial charge in [-0.2, -0.15) is 4.98 Å². The van der Waals surface area contributed by atoms with Gasteiger partial charge >= 0.3 is 6.09 Å². The van der Waals surface area contributed by atoms with Gasteiger partial charge in [-0.1, -0.05) is 13.8 Å². The van der Waals surface area contributed by atoms with Crippen LogP contribution in [0.4, 0.5) is 16.6 Å². The van der Waals surface area contributed by atoms with Crippen LogP contribution in [-0.2, 0) is 17.6 Å². The van der Waals surface area contributed by atoms with E-state index in [-0.39, 0.29) is 30.0 Å². The highest BCUT2D eigenvalue weighted by atomic mass is 16.4. The summed E-state index contributed by atoms with van der Waals surface area (Å²) in [5, 5.41) is 25.7. The summed E-state index contributed by atoms with van der Waals surface area (Å²) in [6, 6.07) is -0.175. The highest BCUT2D eigenvalue weighted by molar-refractivity contribution is 5.76. The first-order valence-electron chi connectivity index (χ1n) is 12.5. The summed E-state index contributed by atoms with van der Waals surface area (Å²) >= 11 is 0. The first kappa shape index (κ1) is 24.5. The van der Waals surface area contributed by atoms with Gasteiger partial charge in [-0.15, -0.1) is 0 Å². The van der Waals surface area contributed by atoms with Crippen molar-refractivity contribution in [2.24, 2.45) is 11.3 Å². The van der Waals surface area contributed by atoms with Gasteiger partial charge in [0.25, 0.3) is 0 Å². The minimum atomic E-state index is -0.895. The number of carboxylic acid groups (broad SMARTS) is 1. The van der Waals surface area contributed by atoms with Gasteiger partial charge in [-0.05, 0) is 44.4 Å². The molecule has 1 aliphatic carbocycles. The van der Waals surface area contributed by atoms with Crippen molar-refractivity contribution >= 4 is 23.8 Å². The lowest BCUT2D eigenvalue weighted by atomic mass is 9.78. The molecule has 0 bridgehead atoms. The maximum absolute atomic E-state index is 12.2. The molecule has 10 nitrogen and oxygen atoms in total. The number of rotatable bonds is 8. The van der Waals surface area contributed by atoms with Gasteiger partial charge in [0.15, 0.2) is 0 Å². The van der Waals surface area contributed by atoms with Crippen LogP contribution in [0.25, 0.3) is 0 Å². The normalized spacial score (nSPS) is 21.9. The van der Waals surface area contributed by atoms with E-state index >= 15 is 0 Å². The van der Waals surface area contributed by atoms with Gasteiger partial charge in [-0.3, -0.25) is 4.79 Å². The summed E-state index contributed by atoms with van der Waals surface area (Å²) in [5.74, 6) is 1.81. The third-order valence-corrected chi connectivity index (χ3v) is 7.38. The van der Waals surface area contributed by atoms with Gasteiger partial charge in [0, 0.05) is 50.1 Å². The molecule has 3 aliphatic rings. The van der Waals surface area contributed by atoms with Crippen molar-refractivity contribution in [2.75, 3.05) is 43.5 Å². The predicted molar refractivity (Wildman–Crippen MR) is 129 cm³/mol. The van der Waals surface area contributed by atoms with E-state index in [1.165, 1.54) is 4.90 Å². The van der Waals surface area contributed by atoms with Crippen LogP contribution in [0.5, 0.6) is 0 Å². The second-order valence-corrected chi connectivity index (χ2v) is 10.7. The highest BCUT2D eigenvalue weighted by Crippen LogP contribution is 2.44. The SMILES string of the molecule is CNC(=O)CC(CC(C)C)Nc1nc(N2CC3(C[C@@H]2CO)CN(C(=O)O)C3)nc2c1CCCC2. The number of aryl methyl sites for hydroxylation is 1. The van der Waals surface area contributed by atoms with E-state index in [9.17, 15) is 19.8 Å². The number of anilines is 2. The fourth-order valence-corrected chi connectivity index (χ4v) is 5.80. The van der Waals surface area contributed by atoms with E-state index in [4.69, 9.17) is 9.97 Å². The quantitative estimate of drug-likeness (QED) is 0.449. The lowest BCUT2D eigenvalue weighted by molar-refractivity contribution is -0.120. The van der Waals surface area contributed by atoms with Crippen LogP contribution in [0.1, 0.15) is 57.2 Å². The van der Waals surface area contributed by atoms with Crippen LogP contribution in [0.15, 0.2) is 0 Å². The largest absolute Gasteiger partial charge is 0.465 e. The van der Waals surface area contributed by atoms with Crippen LogP contribution >= 0.6 is 0 Å². The van der Waals surface area contributed by atoms with E-state index < -0.39 is 6.09 Å². The second kappa shape index (κ2) is 9.93. The Morgan fingerprint density at radius 3 is 2.56 bits per heavy atom. The number of hydrogen-bond donors (Lipinski definition) is 4. The smallest absolute Gasteiger partial charge is 0.407 e. The molecule has 10 heteroatoms. The van der Waals surface area contributed by atoms with Crippen molar-refractivity contribution in [1.29, 1.82) is 0 Å². The molecule has 1 spiro atoms.